The van der Waals surface area contributed by atoms with E-state index in [2.05, 4.69) is 42.0 Å². The summed E-state index contributed by atoms with van der Waals surface area (Å²) in [5.41, 5.74) is 1.37. The normalized spacial score (nSPS) is 10.9. The van der Waals surface area contributed by atoms with E-state index in [0.29, 0.717) is 15.9 Å². The molecule has 0 heterocycles. The summed E-state index contributed by atoms with van der Waals surface area (Å²) in [6, 6.07) is 11.3. The third-order valence-electron chi connectivity index (χ3n) is 3.88. The first-order valence-corrected chi connectivity index (χ1v) is 9.48. The average molecular weight is 465 g/mol. The highest BCUT2D eigenvalue weighted by molar-refractivity contribution is 9.10. The molecular formula is C20H21BrN2O6. The van der Waals surface area contributed by atoms with Gasteiger partial charge in [-0.1, -0.05) is 32.9 Å². The van der Waals surface area contributed by atoms with Gasteiger partial charge in [-0.25, -0.2) is 4.79 Å². The van der Waals surface area contributed by atoms with Crippen molar-refractivity contribution < 1.29 is 24.0 Å². The van der Waals surface area contributed by atoms with Crippen molar-refractivity contribution in [3.05, 3.63) is 62.6 Å². The van der Waals surface area contributed by atoms with Gasteiger partial charge in [0.25, 0.3) is 11.6 Å². The van der Waals surface area contributed by atoms with Crippen molar-refractivity contribution in [3.63, 3.8) is 0 Å². The number of hydrogen-bond donors (Lipinski definition) is 1. The molecule has 0 aliphatic heterocycles. The fraction of sp³-hybridized carbons (Fsp3) is 0.300. The van der Waals surface area contributed by atoms with E-state index in [4.69, 9.17) is 9.47 Å². The number of amides is 1. The quantitative estimate of drug-likeness (QED) is 0.373. The smallest absolute Gasteiger partial charge is 0.344 e. The van der Waals surface area contributed by atoms with E-state index in [1.165, 1.54) is 18.2 Å². The van der Waals surface area contributed by atoms with Crippen molar-refractivity contribution in [1.29, 1.82) is 0 Å². The Balaban J connectivity index is 1.79. The Labute approximate surface area is 176 Å². The standard InChI is InChI=1S/C20H21BrN2O6/c1-20(2,3)13-4-7-15(8-5-13)28-12-19(25)29-11-18(24)22-17-9-6-14(23(26)27)10-16(17)21/h4-10H,11-12H2,1-3H3,(H,22,24). The van der Waals surface area contributed by atoms with Gasteiger partial charge in [-0.2, -0.15) is 0 Å². The number of nitro benzene ring substituents is 1. The molecule has 0 spiro atoms. The van der Waals surface area contributed by atoms with Crippen molar-refractivity contribution in [2.24, 2.45) is 0 Å². The van der Waals surface area contributed by atoms with Crippen LogP contribution in [-0.4, -0.2) is 30.0 Å². The number of halogens is 1. The van der Waals surface area contributed by atoms with Gasteiger partial charge in [0, 0.05) is 16.6 Å². The van der Waals surface area contributed by atoms with E-state index in [0.717, 1.165) is 5.56 Å². The maximum Gasteiger partial charge on any atom is 0.344 e. The van der Waals surface area contributed by atoms with E-state index in [1.54, 1.807) is 12.1 Å². The van der Waals surface area contributed by atoms with Crippen LogP contribution in [-0.2, 0) is 19.7 Å². The molecule has 0 saturated heterocycles. The number of nitrogens with one attached hydrogen (secondary N) is 1. The van der Waals surface area contributed by atoms with Gasteiger partial charge >= 0.3 is 5.97 Å². The molecule has 9 heteroatoms. The van der Waals surface area contributed by atoms with E-state index in [-0.39, 0.29) is 17.7 Å². The van der Waals surface area contributed by atoms with Gasteiger partial charge in [0.1, 0.15) is 5.75 Å². The van der Waals surface area contributed by atoms with E-state index < -0.39 is 23.4 Å². The minimum absolute atomic E-state index is 0.0173. The van der Waals surface area contributed by atoms with Crippen molar-refractivity contribution in [1.82, 2.24) is 0 Å². The summed E-state index contributed by atoms with van der Waals surface area (Å²) in [4.78, 5) is 33.9. The number of carbonyl (C=O) groups excluding carboxylic acids is 2. The molecule has 0 atom stereocenters. The fourth-order valence-corrected chi connectivity index (χ4v) is 2.75. The van der Waals surface area contributed by atoms with Crippen LogP contribution >= 0.6 is 15.9 Å². The molecule has 1 amide bonds. The summed E-state index contributed by atoms with van der Waals surface area (Å²) in [5, 5.41) is 13.2. The predicted molar refractivity (Wildman–Crippen MR) is 111 cm³/mol. The minimum Gasteiger partial charge on any atom is -0.482 e. The lowest BCUT2D eigenvalue weighted by Gasteiger charge is -2.19. The molecule has 2 aromatic rings. The Kier molecular flexibility index (Phi) is 7.33. The molecule has 0 saturated carbocycles. The number of non-ortho nitro benzene ring substituents is 1. The maximum atomic E-state index is 11.9. The number of rotatable bonds is 7. The molecule has 0 unspecified atom stereocenters. The minimum atomic E-state index is -0.692. The topological polar surface area (TPSA) is 108 Å². The SMILES string of the molecule is CC(C)(C)c1ccc(OCC(=O)OCC(=O)Nc2ccc([N+](=O)[O-])cc2Br)cc1. The van der Waals surface area contributed by atoms with Crippen LogP contribution in [0.4, 0.5) is 11.4 Å². The number of nitrogens with zero attached hydrogens (tertiary/aromatic N) is 1. The summed E-state index contributed by atoms with van der Waals surface area (Å²) in [6.07, 6.45) is 0. The second-order valence-corrected chi connectivity index (χ2v) is 8.05. The van der Waals surface area contributed by atoms with Gasteiger partial charge < -0.3 is 14.8 Å². The lowest BCUT2D eigenvalue weighted by molar-refractivity contribution is -0.384. The van der Waals surface area contributed by atoms with Gasteiger partial charge in [0.2, 0.25) is 0 Å². The second-order valence-electron chi connectivity index (χ2n) is 7.19. The molecule has 2 rings (SSSR count). The summed E-state index contributed by atoms with van der Waals surface area (Å²) >= 11 is 3.14. The summed E-state index contributed by atoms with van der Waals surface area (Å²) in [5.74, 6) is -0.751. The molecule has 1 N–H and O–H groups in total. The number of hydrogen-bond acceptors (Lipinski definition) is 6. The molecule has 29 heavy (non-hydrogen) atoms. The molecule has 0 radical (unpaired) electrons. The van der Waals surface area contributed by atoms with Crippen LogP contribution in [0.1, 0.15) is 26.3 Å². The van der Waals surface area contributed by atoms with E-state index >= 15 is 0 Å². The zero-order valence-corrected chi connectivity index (χ0v) is 17.8. The maximum absolute atomic E-state index is 11.9. The largest absolute Gasteiger partial charge is 0.482 e. The zero-order valence-electron chi connectivity index (χ0n) is 16.2. The van der Waals surface area contributed by atoms with E-state index in [1.807, 2.05) is 12.1 Å². The van der Waals surface area contributed by atoms with Gasteiger partial charge in [0.15, 0.2) is 13.2 Å². The number of benzene rings is 2. The number of anilines is 1. The Hall–Kier alpha value is -2.94. The van der Waals surface area contributed by atoms with Crippen LogP contribution in [0.15, 0.2) is 46.9 Å². The molecular weight excluding hydrogens is 444 g/mol. The molecule has 8 nitrogen and oxygen atoms in total. The zero-order chi connectivity index (χ0) is 21.6. The first-order chi connectivity index (χ1) is 13.6. The second kappa shape index (κ2) is 9.51. The monoisotopic (exact) mass is 464 g/mol. The Morgan fingerprint density at radius 1 is 1.10 bits per heavy atom. The predicted octanol–water partition coefficient (Wildman–Crippen LogP) is 4.22. The molecule has 0 bridgehead atoms. The summed E-state index contributed by atoms with van der Waals surface area (Å²) in [7, 11) is 0. The molecule has 0 aliphatic carbocycles. The third kappa shape index (κ3) is 6.86. The van der Waals surface area contributed by atoms with E-state index in [9.17, 15) is 19.7 Å². The Bertz CT molecular complexity index is 906. The molecule has 0 aromatic heterocycles. The highest BCUT2D eigenvalue weighted by Gasteiger charge is 2.15. The third-order valence-corrected chi connectivity index (χ3v) is 4.53. The van der Waals surface area contributed by atoms with Crippen LogP contribution in [0.2, 0.25) is 0 Å². The van der Waals surface area contributed by atoms with Crippen molar-refractivity contribution >= 4 is 39.2 Å². The van der Waals surface area contributed by atoms with Crippen LogP contribution < -0.4 is 10.1 Å². The highest BCUT2D eigenvalue weighted by atomic mass is 79.9. The molecule has 0 fully saturated rings. The molecule has 0 aliphatic rings. The number of ether oxygens (including phenoxy) is 2. The number of carbonyl (C=O) groups is 2. The van der Waals surface area contributed by atoms with Crippen LogP contribution in [0, 0.1) is 10.1 Å². The number of nitro groups is 1. The fourth-order valence-electron chi connectivity index (χ4n) is 2.29. The summed E-state index contributed by atoms with van der Waals surface area (Å²) < 4.78 is 10.6. The highest BCUT2D eigenvalue weighted by Crippen LogP contribution is 2.27. The van der Waals surface area contributed by atoms with Crippen molar-refractivity contribution in [2.75, 3.05) is 18.5 Å². The van der Waals surface area contributed by atoms with Crippen molar-refractivity contribution in [3.8, 4) is 5.75 Å². The first-order valence-electron chi connectivity index (χ1n) is 8.69. The van der Waals surface area contributed by atoms with Crippen LogP contribution in [0.5, 0.6) is 5.75 Å². The number of esters is 1. The summed E-state index contributed by atoms with van der Waals surface area (Å²) in [6.45, 7) is 5.46. The Morgan fingerprint density at radius 3 is 2.31 bits per heavy atom. The first kappa shape index (κ1) is 22.4. The van der Waals surface area contributed by atoms with Crippen LogP contribution in [0.3, 0.4) is 0 Å². The van der Waals surface area contributed by atoms with Gasteiger partial charge in [-0.15, -0.1) is 0 Å². The molecule has 154 valence electrons. The van der Waals surface area contributed by atoms with Gasteiger partial charge in [-0.05, 0) is 45.1 Å². The molecule has 2 aromatic carbocycles. The van der Waals surface area contributed by atoms with Crippen molar-refractivity contribution in [2.45, 2.75) is 26.2 Å². The Morgan fingerprint density at radius 2 is 1.76 bits per heavy atom. The van der Waals surface area contributed by atoms with Gasteiger partial charge in [0.05, 0.1) is 10.6 Å². The van der Waals surface area contributed by atoms with Crippen LogP contribution in [0.25, 0.3) is 0 Å². The average Bonchev–Trinajstić information content (AvgIpc) is 2.65. The lowest BCUT2D eigenvalue weighted by atomic mass is 9.87. The lowest BCUT2D eigenvalue weighted by Crippen LogP contribution is -2.23. The van der Waals surface area contributed by atoms with Gasteiger partial charge in [-0.3, -0.25) is 14.9 Å².